The number of aliphatic carboxylic acids is 1. The van der Waals surface area contributed by atoms with Crippen LogP contribution in [0.5, 0.6) is 0 Å². The summed E-state index contributed by atoms with van der Waals surface area (Å²) in [6, 6.07) is 5.20. The zero-order valence-electron chi connectivity index (χ0n) is 10.5. The van der Waals surface area contributed by atoms with Gasteiger partial charge >= 0.3 is 5.97 Å². The van der Waals surface area contributed by atoms with E-state index in [4.69, 9.17) is 5.11 Å². The van der Waals surface area contributed by atoms with Crippen molar-refractivity contribution in [2.24, 2.45) is 0 Å². The zero-order valence-corrected chi connectivity index (χ0v) is 11.3. The quantitative estimate of drug-likeness (QED) is 0.773. The van der Waals surface area contributed by atoms with E-state index in [1.165, 1.54) is 0 Å². The van der Waals surface area contributed by atoms with Gasteiger partial charge in [0.25, 0.3) is 0 Å². The molecule has 6 nitrogen and oxygen atoms in total. The van der Waals surface area contributed by atoms with Gasteiger partial charge in [0, 0.05) is 12.2 Å². The van der Waals surface area contributed by atoms with Gasteiger partial charge in [-0.2, -0.15) is 0 Å². The molecule has 1 aromatic rings. The molecule has 0 fully saturated rings. The van der Waals surface area contributed by atoms with Crippen molar-refractivity contribution in [2.45, 2.75) is 25.0 Å². The Bertz CT molecular complexity index is 598. The lowest BCUT2D eigenvalue weighted by Gasteiger charge is -2.19. The Morgan fingerprint density at radius 3 is 2.89 bits per heavy atom. The topological polar surface area (TPSA) is 95.5 Å². The van der Waals surface area contributed by atoms with Gasteiger partial charge < -0.3 is 10.4 Å². The molecule has 3 N–H and O–H groups in total. The summed E-state index contributed by atoms with van der Waals surface area (Å²) in [5.41, 5.74) is 2.41. The van der Waals surface area contributed by atoms with Crippen LogP contribution in [-0.4, -0.2) is 31.3 Å². The van der Waals surface area contributed by atoms with Crippen LogP contribution in [0.1, 0.15) is 18.9 Å². The molecule has 0 bridgehead atoms. The predicted molar refractivity (Wildman–Crippen MR) is 72.9 cm³/mol. The third-order valence-corrected chi connectivity index (χ3v) is 4.77. The normalized spacial score (nSPS) is 16.1. The van der Waals surface area contributed by atoms with E-state index in [0.717, 1.165) is 37.6 Å². The largest absolute Gasteiger partial charge is 0.480 e. The first-order valence-electron chi connectivity index (χ1n) is 6.01. The molecule has 1 aliphatic rings. The van der Waals surface area contributed by atoms with Crippen LogP contribution >= 0.6 is 0 Å². The smallest absolute Gasteiger partial charge is 0.323 e. The average molecular weight is 284 g/mol. The fourth-order valence-corrected chi connectivity index (χ4v) is 2.81. The lowest BCUT2D eigenvalue weighted by Crippen LogP contribution is -2.32. The number of hydrogen-bond donors (Lipinski definition) is 3. The number of sulfonamides is 1. The Balaban J connectivity index is 2.22. The number of carboxylic acid groups (broad SMARTS) is 1. The van der Waals surface area contributed by atoms with Gasteiger partial charge in [-0.05, 0) is 37.5 Å². The van der Waals surface area contributed by atoms with E-state index >= 15 is 0 Å². The van der Waals surface area contributed by atoms with Crippen molar-refractivity contribution in [3.63, 3.8) is 0 Å². The van der Waals surface area contributed by atoms with Crippen LogP contribution < -0.4 is 10.0 Å². The number of carbonyl (C=O) groups is 1. The van der Waals surface area contributed by atoms with Crippen molar-refractivity contribution in [2.75, 3.05) is 16.6 Å². The van der Waals surface area contributed by atoms with Gasteiger partial charge in [-0.15, -0.1) is 0 Å². The molecular formula is C12H16N2O4S. The van der Waals surface area contributed by atoms with Crippen LogP contribution in [0.2, 0.25) is 0 Å². The third-order valence-electron chi connectivity index (χ3n) is 3.12. The highest BCUT2D eigenvalue weighted by Crippen LogP contribution is 2.26. The fraction of sp³-hybridized carbons (Fsp3) is 0.417. The minimum atomic E-state index is -3.92. The summed E-state index contributed by atoms with van der Waals surface area (Å²) in [7, 11) is -3.92. The summed E-state index contributed by atoms with van der Waals surface area (Å²) in [5.74, 6) is -1.37. The van der Waals surface area contributed by atoms with Gasteiger partial charge in [0.1, 0.15) is 0 Å². The van der Waals surface area contributed by atoms with E-state index in [0.29, 0.717) is 5.69 Å². The third kappa shape index (κ3) is 2.98. The molecule has 0 saturated heterocycles. The highest BCUT2D eigenvalue weighted by atomic mass is 32.2. The van der Waals surface area contributed by atoms with E-state index in [-0.39, 0.29) is 0 Å². The van der Waals surface area contributed by atoms with Gasteiger partial charge in [0.05, 0.1) is 5.69 Å². The zero-order chi connectivity index (χ0) is 14.0. The number of carboxylic acids is 1. The molecule has 1 atom stereocenters. The summed E-state index contributed by atoms with van der Waals surface area (Å²) in [6.07, 6.45) is 2.01. The van der Waals surface area contributed by atoms with E-state index in [9.17, 15) is 13.2 Å². The maximum atomic E-state index is 11.8. The minimum absolute atomic E-state index is 0.376. The van der Waals surface area contributed by atoms with Crippen LogP contribution in [0.4, 0.5) is 11.4 Å². The van der Waals surface area contributed by atoms with Gasteiger partial charge in [0.15, 0.2) is 5.25 Å². The molecule has 1 aliphatic heterocycles. The Kier molecular flexibility index (Phi) is 3.66. The monoisotopic (exact) mass is 284 g/mol. The number of benzene rings is 1. The second-order valence-corrected chi connectivity index (χ2v) is 6.53. The number of anilines is 2. The molecule has 2 rings (SSSR count). The van der Waals surface area contributed by atoms with Crippen LogP contribution in [-0.2, 0) is 21.2 Å². The van der Waals surface area contributed by atoms with Gasteiger partial charge in [-0.3, -0.25) is 9.52 Å². The van der Waals surface area contributed by atoms with E-state index in [2.05, 4.69) is 10.0 Å². The highest BCUT2D eigenvalue weighted by Gasteiger charge is 2.27. The number of nitrogens with one attached hydrogen (secondary N) is 2. The summed E-state index contributed by atoms with van der Waals surface area (Å²) in [6.45, 7) is 2.00. The van der Waals surface area contributed by atoms with Crippen LogP contribution in [0.15, 0.2) is 18.2 Å². The predicted octanol–water partition coefficient (Wildman–Crippen LogP) is 1.26. The SMILES string of the molecule is CC(C(=O)O)S(=O)(=O)Nc1ccc2c(c1)NCCC2. The van der Waals surface area contributed by atoms with Crippen molar-refractivity contribution >= 4 is 27.4 Å². The molecule has 1 unspecified atom stereocenters. The standard InChI is InChI=1S/C12H16N2O4S/c1-8(12(15)16)19(17,18)14-10-5-4-9-3-2-6-13-11(9)7-10/h4-5,7-8,13-14H,2-3,6H2,1H3,(H,15,16). The molecule has 19 heavy (non-hydrogen) atoms. The molecule has 0 amide bonds. The molecular weight excluding hydrogens is 268 g/mol. The maximum absolute atomic E-state index is 11.8. The highest BCUT2D eigenvalue weighted by molar-refractivity contribution is 7.94. The lowest BCUT2D eigenvalue weighted by molar-refractivity contribution is -0.136. The molecule has 1 aromatic carbocycles. The van der Waals surface area contributed by atoms with Gasteiger partial charge in [-0.25, -0.2) is 8.42 Å². The second kappa shape index (κ2) is 5.08. The second-order valence-electron chi connectivity index (χ2n) is 4.53. The molecule has 0 saturated carbocycles. The summed E-state index contributed by atoms with van der Waals surface area (Å²) >= 11 is 0. The van der Waals surface area contributed by atoms with Crippen molar-refractivity contribution in [3.05, 3.63) is 23.8 Å². The first-order chi connectivity index (χ1) is 8.90. The number of fused-ring (bicyclic) bond motifs is 1. The Labute approximate surface area is 111 Å². The Hall–Kier alpha value is -1.76. The first-order valence-corrected chi connectivity index (χ1v) is 7.56. The van der Waals surface area contributed by atoms with Crippen molar-refractivity contribution < 1.29 is 18.3 Å². The van der Waals surface area contributed by atoms with E-state index in [1.54, 1.807) is 12.1 Å². The van der Waals surface area contributed by atoms with E-state index in [1.807, 2.05) is 6.07 Å². The van der Waals surface area contributed by atoms with Crippen LogP contribution in [0.3, 0.4) is 0 Å². The average Bonchev–Trinajstić information content (AvgIpc) is 2.37. The van der Waals surface area contributed by atoms with Crippen molar-refractivity contribution in [1.82, 2.24) is 0 Å². The summed E-state index contributed by atoms with van der Waals surface area (Å²) in [5, 5.41) is 10.5. The molecule has 7 heteroatoms. The molecule has 1 heterocycles. The number of rotatable bonds is 4. The van der Waals surface area contributed by atoms with E-state index < -0.39 is 21.2 Å². The van der Waals surface area contributed by atoms with Gasteiger partial charge in [0.2, 0.25) is 10.0 Å². The number of aryl methyl sites for hydroxylation is 1. The van der Waals surface area contributed by atoms with Crippen molar-refractivity contribution in [3.8, 4) is 0 Å². The number of hydrogen-bond acceptors (Lipinski definition) is 4. The molecule has 0 spiro atoms. The molecule has 0 aromatic heterocycles. The first kappa shape index (κ1) is 13.7. The minimum Gasteiger partial charge on any atom is -0.480 e. The van der Waals surface area contributed by atoms with Gasteiger partial charge in [-0.1, -0.05) is 6.07 Å². The Morgan fingerprint density at radius 1 is 1.47 bits per heavy atom. The van der Waals surface area contributed by atoms with Crippen LogP contribution in [0.25, 0.3) is 0 Å². The molecule has 0 radical (unpaired) electrons. The molecule has 0 aliphatic carbocycles. The molecule has 104 valence electrons. The van der Waals surface area contributed by atoms with Crippen LogP contribution in [0, 0.1) is 0 Å². The Morgan fingerprint density at radius 2 is 2.21 bits per heavy atom. The van der Waals surface area contributed by atoms with Crippen molar-refractivity contribution in [1.29, 1.82) is 0 Å². The lowest BCUT2D eigenvalue weighted by atomic mass is 10.0. The summed E-state index contributed by atoms with van der Waals surface area (Å²) < 4.78 is 25.9. The maximum Gasteiger partial charge on any atom is 0.323 e. The summed E-state index contributed by atoms with van der Waals surface area (Å²) in [4.78, 5) is 10.7. The fourth-order valence-electron chi connectivity index (χ4n) is 1.91.